The molecule has 0 saturated heterocycles. The lowest BCUT2D eigenvalue weighted by molar-refractivity contribution is 0.397. The van der Waals surface area contributed by atoms with Crippen molar-refractivity contribution in [1.29, 1.82) is 0 Å². The summed E-state index contributed by atoms with van der Waals surface area (Å²) in [5.74, 6) is 0. The molecule has 4 N–H and O–H groups in total. The van der Waals surface area contributed by atoms with E-state index in [0.29, 0.717) is 22.4 Å². The Hall–Kier alpha value is -0.295. The van der Waals surface area contributed by atoms with E-state index in [-0.39, 0.29) is 0 Å². The van der Waals surface area contributed by atoms with Gasteiger partial charge in [-0.05, 0) is 56.9 Å². The molecule has 0 aromatic heterocycles. The molecule has 23 heavy (non-hydrogen) atoms. The molecule has 1 atom stereocenters. The summed E-state index contributed by atoms with van der Waals surface area (Å²) in [4.78, 5) is 0. The van der Waals surface area contributed by atoms with Crippen molar-refractivity contribution in [3.8, 4) is 0 Å². The Morgan fingerprint density at radius 3 is 2.48 bits per heavy atom. The van der Waals surface area contributed by atoms with Crippen LogP contribution in [0.2, 0.25) is 16.4 Å². The molecule has 7 heteroatoms. The van der Waals surface area contributed by atoms with E-state index < -0.39 is 7.12 Å². The van der Waals surface area contributed by atoms with Crippen LogP contribution < -0.4 is 10.6 Å². The molecule has 0 radical (unpaired) electrons. The van der Waals surface area contributed by atoms with Crippen LogP contribution in [0.15, 0.2) is 18.2 Å². The van der Waals surface area contributed by atoms with Gasteiger partial charge in [-0.15, -0.1) is 0 Å². The Bertz CT molecular complexity index is 450. The van der Waals surface area contributed by atoms with E-state index in [0.717, 1.165) is 50.8 Å². The minimum Gasteiger partial charge on any atom is -0.427 e. The zero-order valence-corrected chi connectivity index (χ0v) is 15.2. The molecule has 0 amide bonds. The third-order valence-electron chi connectivity index (χ3n) is 3.89. The zero-order valence-electron chi connectivity index (χ0n) is 13.7. The fraction of sp³-hybridized carbons (Fsp3) is 0.625. The average molecular weight is 361 g/mol. The second-order valence-corrected chi connectivity index (χ2v) is 6.63. The molecule has 130 valence electrons. The first-order chi connectivity index (χ1) is 11.0. The van der Waals surface area contributed by atoms with Crippen LogP contribution in [0, 0.1) is 0 Å². The van der Waals surface area contributed by atoms with Gasteiger partial charge in [0.1, 0.15) is 0 Å². The zero-order chi connectivity index (χ0) is 17.1. The van der Waals surface area contributed by atoms with Crippen LogP contribution in [-0.4, -0.2) is 36.8 Å². The summed E-state index contributed by atoms with van der Waals surface area (Å²) in [7, 11) is 0.808. The molecular formula is C16H27BCl2N2O2. The second-order valence-electron chi connectivity index (χ2n) is 5.82. The fourth-order valence-corrected chi connectivity index (χ4v) is 2.83. The standard InChI is InChI=1S/C16H27BCl2N2O2/c1-20-14(5-2-3-9-17(22)23)6-4-10-21-12-13-7-8-15(18)16(19)11-13/h7-8,11,14,20-23H,2-6,9-10,12H2,1H3. The molecule has 1 aromatic rings. The summed E-state index contributed by atoms with van der Waals surface area (Å²) in [5.41, 5.74) is 1.13. The highest BCUT2D eigenvalue weighted by atomic mass is 35.5. The molecule has 0 fully saturated rings. The van der Waals surface area contributed by atoms with Gasteiger partial charge in [-0.25, -0.2) is 0 Å². The first-order valence-corrected chi connectivity index (χ1v) is 8.96. The van der Waals surface area contributed by atoms with Crippen molar-refractivity contribution < 1.29 is 10.0 Å². The Labute approximate surface area is 149 Å². The van der Waals surface area contributed by atoms with E-state index in [2.05, 4.69) is 10.6 Å². The van der Waals surface area contributed by atoms with Gasteiger partial charge in [0.25, 0.3) is 0 Å². The Morgan fingerprint density at radius 1 is 1.09 bits per heavy atom. The van der Waals surface area contributed by atoms with Crippen molar-refractivity contribution >= 4 is 30.3 Å². The molecule has 1 rings (SSSR count). The predicted octanol–water partition coefficient (Wildman–Crippen LogP) is 3.09. The maximum absolute atomic E-state index is 8.82. The van der Waals surface area contributed by atoms with Gasteiger partial charge in [0.2, 0.25) is 0 Å². The maximum atomic E-state index is 8.82. The molecular weight excluding hydrogens is 334 g/mol. The Balaban J connectivity index is 2.11. The topological polar surface area (TPSA) is 64.5 Å². The van der Waals surface area contributed by atoms with E-state index >= 15 is 0 Å². The molecule has 0 heterocycles. The maximum Gasteiger partial charge on any atom is 0.451 e. The fourth-order valence-electron chi connectivity index (χ4n) is 2.51. The monoisotopic (exact) mass is 360 g/mol. The van der Waals surface area contributed by atoms with Crippen molar-refractivity contribution in [2.24, 2.45) is 0 Å². The van der Waals surface area contributed by atoms with Crippen LogP contribution in [0.5, 0.6) is 0 Å². The van der Waals surface area contributed by atoms with E-state index in [1.54, 1.807) is 0 Å². The summed E-state index contributed by atoms with van der Waals surface area (Å²) in [5, 5.41) is 25.6. The Morgan fingerprint density at radius 2 is 1.83 bits per heavy atom. The Kier molecular flexibility index (Phi) is 10.9. The molecule has 1 aromatic carbocycles. The van der Waals surface area contributed by atoms with Crippen LogP contribution in [-0.2, 0) is 6.54 Å². The van der Waals surface area contributed by atoms with Crippen LogP contribution in [0.1, 0.15) is 37.7 Å². The van der Waals surface area contributed by atoms with E-state index in [1.165, 1.54) is 0 Å². The largest absolute Gasteiger partial charge is 0.451 e. The molecule has 4 nitrogen and oxygen atoms in total. The number of nitrogens with one attached hydrogen (secondary N) is 2. The van der Waals surface area contributed by atoms with Crippen molar-refractivity contribution in [3.63, 3.8) is 0 Å². The van der Waals surface area contributed by atoms with Gasteiger partial charge < -0.3 is 20.7 Å². The van der Waals surface area contributed by atoms with Gasteiger partial charge >= 0.3 is 7.12 Å². The van der Waals surface area contributed by atoms with Crippen LogP contribution >= 0.6 is 23.2 Å². The number of benzene rings is 1. The van der Waals surface area contributed by atoms with Gasteiger partial charge in [0.05, 0.1) is 10.0 Å². The van der Waals surface area contributed by atoms with Gasteiger partial charge in [-0.2, -0.15) is 0 Å². The van der Waals surface area contributed by atoms with Gasteiger partial charge in [-0.1, -0.05) is 42.1 Å². The third-order valence-corrected chi connectivity index (χ3v) is 4.63. The highest BCUT2D eigenvalue weighted by Crippen LogP contribution is 2.22. The predicted molar refractivity (Wildman–Crippen MR) is 99.1 cm³/mol. The number of hydrogen-bond donors (Lipinski definition) is 4. The number of rotatable bonds is 12. The first-order valence-electron chi connectivity index (χ1n) is 8.21. The van der Waals surface area contributed by atoms with Crippen molar-refractivity contribution in [2.75, 3.05) is 13.6 Å². The summed E-state index contributed by atoms with van der Waals surface area (Å²) >= 11 is 11.9. The molecule has 0 saturated carbocycles. The van der Waals surface area contributed by atoms with Crippen molar-refractivity contribution in [3.05, 3.63) is 33.8 Å². The third kappa shape index (κ3) is 9.55. The van der Waals surface area contributed by atoms with Gasteiger partial charge in [-0.3, -0.25) is 0 Å². The average Bonchev–Trinajstić information content (AvgIpc) is 2.52. The number of unbranched alkanes of at least 4 members (excludes halogenated alkanes) is 1. The summed E-state index contributed by atoms with van der Waals surface area (Å²) in [6.07, 6.45) is 5.59. The molecule has 0 aliphatic rings. The SMILES string of the molecule is CNC(CCCCB(O)O)CCCNCc1ccc(Cl)c(Cl)c1. The number of hydrogen-bond acceptors (Lipinski definition) is 4. The highest BCUT2D eigenvalue weighted by Gasteiger charge is 2.08. The normalized spacial score (nSPS) is 12.4. The minimum absolute atomic E-state index is 0.460. The van der Waals surface area contributed by atoms with Crippen LogP contribution in [0.25, 0.3) is 0 Å². The van der Waals surface area contributed by atoms with Gasteiger partial charge in [0, 0.05) is 12.6 Å². The molecule has 0 spiro atoms. The van der Waals surface area contributed by atoms with E-state index in [4.69, 9.17) is 33.2 Å². The van der Waals surface area contributed by atoms with E-state index in [1.807, 2.05) is 25.2 Å². The molecule has 1 unspecified atom stereocenters. The van der Waals surface area contributed by atoms with Crippen LogP contribution in [0.4, 0.5) is 0 Å². The lowest BCUT2D eigenvalue weighted by atomic mass is 9.83. The molecule has 0 aliphatic carbocycles. The number of halogens is 2. The molecule has 0 bridgehead atoms. The van der Waals surface area contributed by atoms with Crippen molar-refractivity contribution in [1.82, 2.24) is 10.6 Å². The summed E-state index contributed by atoms with van der Waals surface area (Å²) < 4.78 is 0. The minimum atomic E-state index is -1.17. The molecule has 0 aliphatic heterocycles. The van der Waals surface area contributed by atoms with Gasteiger partial charge in [0.15, 0.2) is 0 Å². The van der Waals surface area contributed by atoms with Crippen LogP contribution in [0.3, 0.4) is 0 Å². The summed E-state index contributed by atoms with van der Waals surface area (Å²) in [6, 6.07) is 6.18. The lowest BCUT2D eigenvalue weighted by Crippen LogP contribution is -2.26. The summed E-state index contributed by atoms with van der Waals surface area (Å²) in [6.45, 7) is 1.74. The smallest absolute Gasteiger partial charge is 0.427 e. The second kappa shape index (κ2) is 12.1. The van der Waals surface area contributed by atoms with Crippen molar-refractivity contribution in [2.45, 2.75) is 51.0 Å². The van der Waals surface area contributed by atoms with E-state index in [9.17, 15) is 0 Å². The highest BCUT2D eigenvalue weighted by molar-refractivity contribution is 6.42. The lowest BCUT2D eigenvalue weighted by Gasteiger charge is -2.16. The quantitative estimate of drug-likeness (QED) is 0.341. The first kappa shape index (κ1) is 20.7.